The van der Waals surface area contributed by atoms with Crippen molar-refractivity contribution in [3.8, 4) is 5.75 Å². The van der Waals surface area contributed by atoms with E-state index in [0.29, 0.717) is 42.8 Å². The zero-order chi connectivity index (χ0) is 25.7. The molecular weight excluding hydrogens is 485 g/mol. The molecule has 0 radical (unpaired) electrons. The van der Waals surface area contributed by atoms with Gasteiger partial charge in [-0.1, -0.05) is 6.58 Å². The Morgan fingerprint density at radius 1 is 1.14 bits per heavy atom. The second-order valence-corrected chi connectivity index (χ2v) is 9.80. The first-order valence-electron chi connectivity index (χ1n) is 12.2. The van der Waals surface area contributed by atoms with Crippen LogP contribution in [0.15, 0.2) is 43.2 Å². The molecule has 2 atom stereocenters. The van der Waals surface area contributed by atoms with Crippen LogP contribution >= 0.6 is 0 Å². The minimum atomic E-state index is -1.45. The Kier molecular flexibility index (Phi) is 5.65. The summed E-state index contributed by atoms with van der Waals surface area (Å²) in [5.74, 6) is -1.87. The van der Waals surface area contributed by atoms with Crippen LogP contribution < -0.4 is 15.0 Å². The Bertz CT molecular complexity index is 1400. The van der Waals surface area contributed by atoms with Crippen molar-refractivity contribution in [3.63, 3.8) is 0 Å². The number of hydrogen-bond donors (Lipinski definition) is 1. The Morgan fingerprint density at radius 3 is 2.68 bits per heavy atom. The van der Waals surface area contributed by atoms with Gasteiger partial charge in [0.25, 0.3) is 0 Å². The lowest BCUT2D eigenvalue weighted by atomic mass is 9.90. The lowest BCUT2D eigenvalue weighted by Gasteiger charge is -2.51. The number of piperazine rings is 1. The summed E-state index contributed by atoms with van der Waals surface area (Å²) in [5.41, 5.74) is -0.677. The molecule has 8 nitrogen and oxygen atoms in total. The van der Waals surface area contributed by atoms with E-state index in [1.165, 1.54) is 24.5 Å². The Balaban J connectivity index is 1.26. The van der Waals surface area contributed by atoms with Crippen molar-refractivity contribution in [1.82, 2.24) is 19.9 Å². The standard InChI is InChI=1S/C26H25F3N6O2/c1-2-21(36)35-12-15-3-4-16(35)11-34(15)20-8-6-18-24(33-20)25(31-14-30-18)32-17-5-7-19(23(28)22(17)27)37-13-26(29)9-10-26/h2,5-8,14-16H,1,3-4,9-13H2,(H,30,31,32)/t15-,16-/m0/s1. The minimum Gasteiger partial charge on any atom is -0.487 e. The maximum absolute atomic E-state index is 14.9. The van der Waals surface area contributed by atoms with Crippen LogP contribution in [0.3, 0.4) is 0 Å². The summed E-state index contributed by atoms with van der Waals surface area (Å²) in [6, 6.07) is 6.43. The monoisotopic (exact) mass is 510 g/mol. The van der Waals surface area contributed by atoms with Gasteiger partial charge >= 0.3 is 0 Å². The summed E-state index contributed by atoms with van der Waals surface area (Å²) < 4.78 is 48.5. The van der Waals surface area contributed by atoms with E-state index in [0.717, 1.165) is 12.8 Å². The second-order valence-electron chi connectivity index (χ2n) is 9.80. The predicted molar refractivity (Wildman–Crippen MR) is 132 cm³/mol. The number of halogens is 3. The maximum Gasteiger partial charge on any atom is 0.246 e. The first-order valence-corrected chi connectivity index (χ1v) is 12.2. The third kappa shape index (κ3) is 4.32. The molecule has 1 aliphatic carbocycles. The molecule has 4 fully saturated rings. The molecule has 1 saturated carbocycles. The molecule has 0 spiro atoms. The molecule has 3 saturated heterocycles. The fraction of sp³-hybridized carbons (Fsp3) is 0.385. The number of nitrogens with one attached hydrogen (secondary N) is 1. The largest absolute Gasteiger partial charge is 0.487 e. The molecule has 192 valence electrons. The van der Waals surface area contributed by atoms with E-state index in [1.54, 1.807) is 6.07 Å². The van der Waals surface area contributed by atoms with Gasteiger partial charge in [-0.15, -0.1) is 0 Å². The molecule has 2 aromatic heterocycles. The number of alkyl halides is 1. The normalized spacial score (nSPS) is 21.7. The molecule has 4 aliphatic rings. The van der Waals surface area contributed by atoms with Crippen LogP contribution in [-0.2, 0) is 4.79 Å². The average molecular weight is 511 g/mol. The predicted octanol–water partition coefficient (Wildman–Crippen LogP) is 4.29. The highest BCUT2D eigenvalue weighted by atomic mass is 19.2. The maximum atomic E-state index is 14.9. The number of nitrogens with zero attached hydrogens (tertiary/aromatic N) is 5. The zero-order valence-electron chi connectivity index (χ0n) is 20.0. The molecule has 2 bridgehead atoms. The van der Waals surface area contributed by atoms with Crippen molar-refractivity contribution >= 4 is 34.3 Å². The molecule has 1 aromatic carbocycles. The molecule has 1 N–H and O–H groups in total. The molecule has 5 heterocycles. The Hall–Kier alpha value is -3.89. The SMILES string of the molecule is C=CC(=O)N1C[C@@H]2CC[C@H]1CN2c1ccc2ncnc(Nc3ccc(OCC4(F)CC4)c(F)c3F)c2n1. The number of benzene rings is 1. The van der Waals surface area contributed by atoms with Gasteiger partial charge in [-0.25, -0.2) is 23.7 Å². The molecule has 0 unspecified atom stereocenters. The van der Waals surface area contributed by atoms with Gasteiger partial charge < -0.3 is 19.9 Å². The van der Waals surface area contributed by atoms with Gasteiger partial charge in [-0.2, -0.15) is 4.39 Å². The van der Waals surface area contributed by atoms with Gasteiger partial charge in [-0.05, 0) is 56.0 Å². The third-order valence-electron chi connectivity index (χ3n) is 7.33. The number of pyridine rings is 1. The molecular formula is C26H25F3N6O2. The number of amides is 1. The number of carbonyl (C=O) groups is 1. The van der Waals surface area contributed by atoms with Crippen LogP contribution in [-0.4, -0.2) is 63.2 Å². The number of anilines is 3. The number of fused-ring (bicyclic) bond motifs is 4. The number of aromatic nitrogens is 3. The van der Waals surface area contributed by atoms with E-state index >= 15 is 0 Å². The van der Waals surface area contributed by atoms with Crippen molar-refractivity contribution in [2.24, 2.45) is 0 Å². The van der Waals surface area contributed by atoms with Crippen molar-refractivity contribution in [1.29, 1.82) is 0 Å². The first kappa shape index (κ1) is 23.5. The smallest absolute Gasteiger partial charge is 0.246 e. The van der Waals surface area contributed by atoms with Crippen molar-refractivity contribution < 1.29 is 22.7 Å². The van der Waals surface area contributed by atoms with E-state index < -0.39 is 17.3 Å². The van der Waals surface area contributed by atoms with Gasteiger partial charge in [-0.3, -0.25) is 4.79 Å². The summed E-state index contributed by atoms with van der Waals surface area (Å²) in [6.45, 7) is 4.52. The number of carbonyl (C=O) groups excluding carboxylic acids is 1. The van der Waals surface area contributed by atoms with Gasteiger partial charge in [0, 0.05) is 25.2 Å². The average Bonchev–Trinajstić information content (AvgIpc) is 3.67. The highest BCUT2D eigenvalue weighted by Gasteiger charge is 2.44. The van der Waals surface area contributed by atoms with E-state index in [-0.39, 0.29) is 41.9 Å². The third-order valence-corrected chi connectivity index (χ3v) is 7.33. The van der Waals surface area contributed by atoms with Crippen LogP contribution in [0.2, 0.25) is 0 Å². The van der Waals surface area contributed by atoms with Crippen LogP contribution in [0.5, 0.6) is 5.75 Å². The summed E-state index contributed by atoms with van der Waals surface area (Å²) in [7, 11) is 0. The van der Waals surface area contributed by atoms with E-state index in [9.17, 15) is 18.0 Å². The molecule has 3 aromatic rings. The van der Waals surface area contributed by atoms with Crippen molar-refractivity contribution in [2.45, 2.75) is 43.4 Å². The molecule has 1 amide bonds. The molecule has 37 heavy (non-hydrogen) atoms. The van der Waals surface area contributed by atoms with Crippen molar-refractivity contribution in [2.75, 3.05) is 29.9 Å². The lowest BCUT2D eigenvalue weighted by molar-refractivity contribution is -0.131. The van der Waals surface area contributed by atoms with Crippen molar-refractivity contribution in [3.05, 3.63) is 54.9 Å². The molecule has 7 rings (SSSR count). The summed E-state index contributed by atoms with van der Waals surface area (Å²) in [6.07, 6.45) is 5.23. The number of piperidine rings is 2. The second kappa shape index (κ2) is 8.89. The quantitative estimate of drug-likeness (QED) is 0.475. The van der Waals surface area contributed by atoms with Gasteiger partial charge in [0.1, 0.15) is 29.9 Å². The van der Waals surface area contributed by atoms with Crippen LogP contribution in [0.25, 0.3) is 11.0 Å². The summed E-state index contributed by atoms with van der Waals surface area (Å²) >= 11 is 0. The fourth-order valence-corrected chi connectivity index (χ4v) is 5.03. The van der Waals surface area contributed by atoms with Gasteiger partial charge in [0.2, 0.25) is 11.7 Å². The molecule has 3 aliphatic heterocycles. The van der Waals surface area contributed by atoms with E-state index in [4.69, 9.17) is 9.72 Å². The molecule has 11 heteroatoms. The van der Waals surface area contributed by atoms with Crippen LogP contribution in [0, 0.1) is 11.6 Å². The van der Waals surface area contributed by atoms with Crippen LogP contribution in [0.4, 0.5) is 30.5 Å². The van der Waals surface area contributed by atoms with Gasteiger partial charge in [0.05, 0.1) is 11.2 Å². The zero-order valence-corrected chi connectivity index (χ0v) is 20.0. The highest BCUT2D eigenvalue weighted by Crippen LogP contribution is 2.40. The number of ether oxygens (including phenoxy) is 1. The van der Waals surface area contributed by atoms with Gasteiger partial charge in [0.15, 0.2) is 17.4 Å². The summed E-state index contributed by atoms with van der Waals surface area (Å²) in [4.78, 5) is 29.5. The van der Waals surface area contributed by atoms with Crippen LogP contribution in [0.1, 0.15) is 25.7 Å². The lowest BCUT2D eigenvalue weighted by Crippen LogP contribution is -2.64. The minimum absolute atomic E-state index is 0.0666. The fourth-order valence-electron chi connectivity index (χ4n) is 5.03. The van der Waals surface area contributed by atoms with E-state index in [1.807, 2.05) is 11.0 Å². The van der Waals surface area contributed by atoms with E-state index in [2.05, 4.69) is 26.8 Å². The topological polar surface area (TPSA) is 83.5 Å². The number of hydrogen-bond acceptors (Lipinski definition) is 7. The highest BCUT2D eigenvalue weighted by molar-refractivity contribution is 5.89. The first-order chi connectivity index (χ1) is 17.8. The Labute approximate surface area is 211 Å². The summed E-state index contributed by atoms with van der Waals surface area (Å²) in [5, 5.41) is 2.82. The number of rotatable bonds is 7. The Morgan fingerprint density at radius 2 is 1.95 bits per heavy atom.